The highest BCUT2D eigenvalue weighted by Gasteiger charge is 2.19. The molecular formula is C16H19BrN2O. The summed E-state index contributed by atoms with van der Waals surface area (Å²) in [6.45, 7) is 0.808. The summed E-state index contributed by atoms with van der Waals surface area (Å²) in [5.41, 5.74) is 10.1. The van der Waals surface area contributed by atoms with Crippen LogP contribution in [0.4, 0.5) is 0 Å². The molecule has 4 heteroatoms. The van der Waals surface area contributed by atoms with E-state index in [0.717, 1.165) is 29.6 Å². The van der Waals surface area contributed by atoms with Crippen LogP contribution in [0.25, 0.3) is 0 Å². The van der Waals surface area contributed by atoms with E-state index in [-0.39, 0.29) is 6.04 Å². The molecule has 0 amide bonds. The Labute approximate surface area is 127 Å². The highest BCUT2D eigenvalue weighted by molar-refractivity contribution is 9.10. The van der Waals surface area contributed by atoms with E-state index in [2.05, 4.69) is 39.0 Å². The third-order valence-electron chi connectivity index (χ3n) is 3.95. The molecule has 2 N–H and O–H groups in total. The van der Waals surface area contributed by atoms with E-state index in [1.807, 2.05) is 12.1 Å². The minimum atomic E-state index is 0.199. The van der Waals surface area contributed by atoms with Gasteiger partial charge in [0.2, 0.25) is 0 Å². The first-order valence-electron chi connectivity index (χ1n) is 6.94. The molecule has 3 nitrogen and oxygen atoms in total. The lowest BCUT2D eigenvalue weighted by atomic mass is 9.92. The molecule has 1 atom stereocenters. The van der Waals surface area contributed by atoms with Gasteiger partial charge in [-0.2, -0.15) is 0 Å². The molecule has 20 heavy (non-hydrogen) atoms. The van der Waals surface area contributed by atoms with Crippen molar-refractivity contribution < 1.29 is 4.74 Å². The van der Waals surface area contributed by atoms with Gasteiger partial charge in [0, 0.05) is 28.5 Å². The summed E-state index contributed by atoms with van der Waals surface area (Å²) in [5, 5.41) is 0. The van der Waals surface area contributed by atoms with Gasteiger partial charge in [0.25, 0.3) is 0 Å². The van der Waals surface area contributed by atoms with Gasteiger partial charge in [-0.05, 0) is 48.6 Å². The quantitative estimate of drug-likeness (QED) is 0.930. The molecule has 1 aromatic heterocycles. The van der Waals surface area contributed by atoms with Gasteiger partial charge in [-0.15, -0.1) is 0 Å². The second-order valence-corrected chi connectivity index (χ2v) is 6.28. The van der Waals surface area contributed by atoms with Gasteiger partial charge < -0.3 is 15.0 Å². The lowest BCUT2D eigenvalue weighted by molar-refractivity contribution is 0.408. The molecule has 0 saturated heterocycles. The molecule has 3 rings (SSSR count). The molecule has 0 bridgehead atoms. The van der Waals surface area contributed by atoms with E-state index < -0.39 is 0 Å². The van der Waals surface area contributed by atoms with Crippen LogP contribution < -0.4 is 10.5 Å². The van der Waals surface area contributed by atoms with Gasteiger partial charge in [0.05, 0.1) is 13.7 Å². The molecule has 106 valence electrons. The fourth-order valence-electron chi connectivity index (χ4n) is 2.94. The summed E-state index contributed by atoms with van der Waals surface area (Å²) in [5.74, 6) is 0.921. The Kier molecular flexibility index (Phi) is 3.85. The number of hydrogen-bond donors (Lipinski definition) is 1. The van der Waals surface area contributed by atoms with E-state index in [1.54, 1.807) is 7.11 Å². The SMILES string of the molecule is COc1ccc(Br)cc1Cn1cc2c(c1)C(N)CCC2. The van der Waals surface area contributed by atoms with Crippen molar-refractivity contribution in [3.63, 3.8) is 0 Å². The number of halogens is 1. The van der Waals surface area contributed by atoms with E-state index in [0.29, 0.717) is 0 Å². The van der Waals surface area contributed by atoms with Crippen molar-refractivity contribution in [1.29, 1.82) is 0 Å². The number of hydrogen-bond acceptors (Lipinski definition) is 2. The number of aryl methyl sites for hydroxylation is 1. The smallest absolute Gasteiger partial charge is 0.123 e. The van der Waals surface area contributed by atoms with Crippen LogP contribution in [-0.4, -0.2) is 11.7 Å². The van der Waals surface area contributed by atoms with Crippen molar-refractivity contribution in [2.75, 3.05) is 7.11 Å². The summed E-state index contributed by atoms with van der Waals surface area (Å²) in [6.07, 6.45) is 7.86. The van der Waals surface area contributed by atoms with Crippen molar-refractivity contribution in [2.45, 2.75) is 31.8 Å². The molecule has 1 aliphatic carbocycles. The third kappa shape index (κ3) is 2.63. The van der Waals surface area contributed by atoms with Gasteiger partial charge in [-0.3, -0.25) is 0 Å². The zero-order valence-electron chi connectivity index (χ0n) is 11.6. The predicted octanol–water partition coefficient (Wildman–Crippen LogP) is 3.64. The van der Waals surface area contributed by atoms with E-state index in [1.165, 1.54) is 23.1 Å². The van der Waals surface area contributed by atoms with Gasteiger partial charge >= 0.3 is 0 Å². The monoisotopic (exact) mass is 334 g/mol. The molecule has 0 fully saturated rings. The molecule has 0 aliphatic heterocycles. The first-order chi connectivity index (χ1) is 9.67. The van der Waals surface area contributed by atoms with Crippen molar-refractivity contribution in [3.05, 3.63) is 51.8 Å². The number of fused-ring (bicyclic) bond motifs is 1. The zero-order valence-corrected chi connectivity index (χ0v) is 13.2. The molecular weight excluding hydrogens is 316 g/mol. The molecule has 0 saturated carbocycles. The number of nitrogens with zero attached hydrogens (tertiary/aromatic N) is 1. The number of methoxy groups -OCH3 is 1. The average molecular weight is 335 g/mol. The van der Waals surface area contributed by atoms with Gasteiger partial charge in [-0.25, -0.2) is 0 Å². The van der Waals surface area contributed by atoms with Crippen molar-refractivity contribution in [3.8, 4) is 5.75 Å². The second kappa shape index (κ2) is 5.62. The summed E-state index contributed by atoms with van der Waals surface area (Å²) >= 11 is 3.52. The molecule has 0 radical (unpaired) electrons. The minimum absolute atomic E-state index is 0.199. The fourth-order valence-corrected chi connectivity index (χ4v) is 3.35. The Morgan fingerprint density at radius 3 is 3.00 bits per heavy atom. The van der Waals surface area contributed by atoms with Crippen LogP contribution in [0.3, 0.4) is 0 Å². The van der Waals surface area contributed by atoms with Crippen LogP contribution in [0.5, 0.6) is 5.75 Å². The maximum absolute atomic E-state index is 6.19. The van der Waals surface area contributed by atoms with E-state index in [9.17, 15) is 0 Å². The van der Waals surface area contributed by atoms with Gasteiger partial charge in [-0.1, -0.05) is 15.9 Å². The van der Waals surface area contributed by atoms with Crippen LogP contribution in [0.1, 0.15) is 35.6 Å². The first-order valence-corrected chi connectivity index (χ1v) is 7.73. The largest absolute Gasteiger partial charge is 0.496 e. The minimum Gasteiger partial charge on any atom is -0.496 e. The van der Waals surface area contributed by atoms with E-state index >= 15 is 0 Å². The zero-order chi connectivity index (χ0) is 14.1. The van der Waals surface area contributed by atoms with Crippen LogP contribution in [0, 0.1) is 0 Å². The number of ether oxygens (including phenoxy) is 1. The van der Waals surface area contributed by atoms with Gasteiger partial charge in [0.1, 0.15) is 5.75 Å². The fraction of sp³-hybridized carbons (Fsp3) is 0.375. The lowest BCUT2D eigenvalue weighted by Crippen LogP contribution is -2.15. The van der Waals surface area contributed by atoms with Crippen LogP contribution in [0.15, 0.2) is 35.1 Å². The second-order valence-electron chi connectivity index (χ2n) is 5.37. The molecule has 1 aromatic carbocycles. The van der Waals surface area contributed by atoms with Crippen LogP contribution in [-0.2, 0) is 13.0 Å². The molecule has 2 aromatic rings. The maximum Gasteiger partial charge on any atom is 0.123 e. The number of nitrogens with two attached hydrogens (primary N) is 1. The molecule has 0 spiro atoms. The molecule has 1 unspecified atom stereocenters. The van der Waals surface area contributed by atoms with Crippen LogP contribution in [0.2, 0.25) is 0 Å². The Morgan fingerprint density at radius 2 is 2.25 bits per heavy atom. The summed E-state index contributed by atoms with van der Waals surface area (Å²) in [4.78, 5) is 0. The summed E-state index contributed by atoms with van der Waals surface area (Å²) in [6, 6.07) is 6.30. The number of benzene rings is 1. The highest BCUT2D eigenvalue weighted by atomic mass is 79.9. The number of rotatable bonds is 3. The Balaban J connectivity index is 1.90. The Hall–Kier alpha value is -1.26. The summed E-state index contributed by atoms with van der Waals surface area (Å²) < 4.78 is 8.73. The Morgan fingerprint density at radius 1 is 1.40 bits per heavy atom. The average Bonchev–Trinajstić information content (AvgIpc) is 2.83. The molecule has 1 aliphatic rings. The first kappa shape index (κ1) is 13.7. The van der Waals surface area contributed by atoms with Gasteiger partial charge in [0.15, 0.2) is 0 Å². The summed E-state index contributed by atoms with van der Waals surface area (Å²) in [7, 11) is 1.71. The van der Waals surface area contributed by atoms with E-state index in [4.69, 9.17) is 10.5 Å². The standard InChI is InChI=1S/C16H19BrN2O/c1-20-16-6-5-13(17)7-12(16)9-19-8-11-3-2-4-15(18)14(11)10-19/h5-8,10,15H,2-4,9,18H2,1H3. The van der Waals surface area contributed by atoms with Crippen molar-refractivity contribution >= 4 is 15.9 Å². The van der Waals surface area contributed by atoms with Crippen molar-refractivity contribution in [2.24, 2.45) is 5.73 Å². The topological polar surface area (TPSA) is 40.2 Å². The predicted molar refractivity (Wildman–Crippen MR) is 84.1 cm³/mol. The highest BCUT2D eigenvalue weighted by Crippen LogP contribution is 2.30. The van der Waals surface area contributed by atoms with Crippen molar-refractivity contribution in [1.82, 2.24) is 4.57 Å². The molecule has 1 heterocycles. The normalized spacial score (nSPS) is 17.9. The number of aromatic nitrogens is 1. The third-order valence-corrected chi connectivity index (χ3v) is 4.45. The maximum atomic E-state index is 6.19. The lowest BCUT2D eigenvalue weighted by Gasteiger charge is -2.17. The Bertz CT molecular complexity index is 621. The van der Waals surface area contributed by atoms with Crippen LogP contribution >= 0.6 is 15.9 Å².